The number of aliphatic carboxylic acids is 3. The van der Waals surface area contributed by atoms with Gasteiger partial charge in [-0.05, 0) is 0 Å². The second kappa shape index (κ2) is 9.75. The van der Waals surface area contributed by atoms with Gasteiger partial charge < -0.3 is 41.0 Å². The van der Waals surface area contributed by atoms with Crippen molar-refractivity contribution < 1.29 is 45.8 Å². The zero-order valence-corrected chi connectivity index (χ0v) is 10.3. The van der Waals surface area contributed by atoms with Crippen LogP contribution < -0.4 is 10.2 Å². The van der Waals surface area contributed by atoms with Gasteiger partial charge in [-0.25, -0.2) is 0 Å². The SMILES string of the molecule is O.O.O=C([O-])CC(O)(CC(=O)O)C(=O)[O-].[Ca+2]. The second-order valence-corrected chi connectivity index (χ2v) is 2.44. The molecule has 16 heavy (non-hydrogen) atoms. The summed E-state index contributed by atoms with van der Waals surface area (Å²) in [6, 6.07) is 0. The molecule has 1 unspecified atom stereocenters. The van der Waals surface area contributed by atoms with Crippen molar-refractivity contribution in [1.82, 2.24) is 0 Å². The van der Waals surface area contributed by atoms with E-state index in [2.05, 4.69) is 0 Å². The van der Waals surface area contributed by atoms with Crippen molar-refractivity contribution in [3.63, 3.8) is 0 Å². The van der Waals surface area contributed by atoms with Gasteiger partial charge in [-0.3, -0.25) is 4.79 Å². The standard InChI is InChI=1S/C6H8O7.Ca.2H2O/c7-3(8)1-6(13,5(11)12)2-4(9)10;;;/h13H,1-2H2,(H,7,8)(H,9,10)(H,11,12);;2*1H2/q;+2;;/p-2. The first kappa shape index (κ1) is 24.7. The fraction of sp³-hybridized carbons (Fsp3) is 0.500. The average molecular weight is 266 g/mol. The van der Waals surface area contributed by atoms with Gasteiger partial charge in [0.15, 0.2) is 0 Å². The molecule has 0 saturated heterocycles. The van der Waals surface area contributed by atoms with E-state index in [1.807, 2.05) is 0 Å². The Morgan fingerprint density at radius 3 is 1.62 bits per heavy atom. The molecular formula is C6H10CaO9. The van der Waals surface area contributed by atoms with E-state index in [1.54, 1.807) is 0 Å². The minimum atomic E-state index is -2.91. The van der Waals surface area contributed by atoms with E-state index in [9.17, 15) is 24.6 Å². The minimum absolute atomic E-state index is 0. The summed E-state index contributed by atoms with van der Waals surface area (Å²) in [5.41, 5.74) is -2.91. The maximum atomic E-state index is 10.2. The van der Waals surface area contributed by atoms with Crippen LogP contribution in [0.3, 0.4) is 0 Å². The topological polar surface area (TPSA) is 201 Å². The first-order valence-corrected chi connectivity index (χ1v) is 3.13. The van der Waals surface area contributed by atoms with Gasteiger partial charge in [0.05, 0.1) is 12.4 Å². The molecular weight excluding hydrogens is 256 g/mol. The Balaban J connectivity index is -0.000000240. The van der Waals surface area contributed by atoms with Gasteiger partial charge in [0, 0.05) is 12.4 Å². The minimum Gasteiger partial charge on any atom is -0.550 e. The number of carbonyl (C=O) groups excluding carboxylic acids is 2. The smallest absolute Gasteiger partial charge is 0.550 e. The Morgan fingerprint density at radius 1 is 1.06 bits per heavy atom. The normalized spacial score (nSPS) is 11.8. The molecule has 9 nitrogen and oxygen atoms in total. The van der Waals surface area contributed by atoms with Crippen LogP contribution in [-0.2, 0) is 14.4 Å². The molecule has 10 heteroatoms. The second-order valence-electron chi connectivity index (χ2n) is 2.44. The van der Waals surface area contributed by atoms with E-state index in [0.717, 1.165) is 0 Å². The number of rotatable bonds is 5. The molecule has 0 aromatic carbocycles. The van der Waals surface area contributed by atoms with Crippen molar-refractivity contribution in [1.29, 1.82) is 0 Å². The van der Waals surface area contributed by atoms with Gasteiger partial charge in [0.1, 0.15) is 5.60 Å². The maximum Gasteiger partial charge on any atom is 2.00 e. The van der Waals surface area contributed by atoms with Crippen LogP contribution in [0.15, 0.2) is 0 Å². The van der Waals surface area contributed by atoms with Crippen molar-refractivity contribution >= 4 is 55.6 Å². The number of carboxylic acids is 3. The quantitative estimate of drug-likeness (QED) is 0.460. The van der Waals surface area contributed by atoms with Gasteiger partial charge >= 0.3 is 43.7 Å². The molecule has 0 aromatic heterocycles. The molecule has 6 N–H and O–H groups in total. The average Bonchev–Trinajstić information content (AvgIpc) is 1.82. The van der Waals surface area contributed by atoms with Crippen molar-refractivity contribution in [3.05, 3.63) is 0 Å². The van der Waals surface area contributed by atoms with Crippen LogP contribution in [0.2, 0.25) is 0 Å². The van der Waals surface area contributed by atoms with Crippen molar-refractivity contribution in [2.75, 3.05) is 0 Å². The van der Waals surface area contributed by atoms with E-state index in [1.165, 1.54) is 0 Å². The fourth-order valence-electron chi connectivity index (χ4n) is 0.696. The van der Waals surface area contributed by atoms with Crippen LogP contribution in [0.4, 0.5) is 0 Å². The molecule has 0 heterocycles. The van der Waals surface area contributed by atoms with Crippen LogP contribution in [0.5, 0.6) is 0 Å². The molecule has 90 valence electrons. The van der Waals surface area contributed by atoms with Crippen LogP contribution in [0, 0.1) is 0 Å². The molecule has 0 rings (SSSR count). The van der Waals surface area contributed by atoms with E-state index in [-0.39, 0.29) is 48.7 Å². The first-order valence-electron chi connectivity index (χ1n) is 3.13. The van der Waals surface area contributed by atoms with Gasteiger partial charge in [-0.2, -0.15) is 0 Å². The molecule has 0 radical (unpaired) electrons. The summed E-state index contributed by atoms with van der Waals surface area (Å²) < 4.78 is 0. The largest absolute Gasteiger partial charge is 2.00 e. The van der Waals surface area contributed by atoms with Gasteiger partial charge in [-0.15, -0.1) is 0 Å². The summed E-state index contributed by atoms with van der Waals surface area (Å²) in [4.78, 5) is 30.2. The van der Waals surface area contributed by atoms with E-state index < -0.39 is 36.4 Å². The van der Waals surface area contributed by atoms with Gasteiger partial charge in [0.2, 0.25) is 0 Å². The zero-order chi connectivity index (χ0) is 10.6. The number of hydrogen-bond acceptors (Lipinski definition) is 6. The summed E-state index contributed by atoms with van der Waals surface area (Å²) >= 11 is 0. The van der Waals surface area contributed by atoms with Crippen molar-refractivity contribution in [3.8, 4) is 0 Å². The summed E-state index contributed by atoms with van der Waals surface area (Å²) in [5.74, 6) is -5.67. The summed E-state index contributed by atoms with van der Waals surface area (Å²) in [6.45, 7) is 0. The maximum absolute atomic E-state index is 10.2. The van der Waals surface area contributed by atoms with Crippen LogP contribution in [-0.4, -0.2) is 82.4 Å². The van der Waals surface area contributed by atoms with Gasteiger partial charge in [0.25, 0.3) is 0 Å². The number of carboxylic acid groups (broad SMARTS) is 3. The Labute approximate surface area is 119 Å². The van der Waals surface area contributed by atoms with E-state index in [4.69, 9.17) is 10.2 Å². The summed E-state index contributed by atoms with van der Waals surface area (Å²) in [7, 11) is 0. The predicted molar refractivity (Wildman–Crippen MR) is 44.8 cm³/mol. The molecule has 0 aliphatic carbocycles. The van der Waals surface area contributed by atoms with Crippen molar-refractivity contribution in [2.45, 2.75) is 18.4 Å². The van der Waals surface area contributed by atoms with Crippen LogP contribution >= 0.6 is 0 Å². The third-order valence-corrected chi connectivity index (χ3v) is 1.26. The summed E-state index contributed by atoms with van der Waals surface area (Å²) in [6.07, 6.45) is -2.56. The molecule has 0 aliphatic heterocycles. The molecule has 0 spiro atoms. The molecule has 0 fully saturated rings. The van der Waals surface area contributed by atoms with Crippen LogP contribution in [0.1, 0.15) is 12.8 Å². The first-order chi connectivity index (χ1) is 5.78. The number of carbonyl (C=O) groups is 3. The Bertz CT molecular complexity index is 234. The zero-order valence-electron chi connectivity index (χ0n) is 8.06. The Morgan fingerprint density at radius 2 is 1.44 bits per heavy atom. The number of hydrogen-bond donors (Lipinski definition) is 2. The number of aliphatic hydroxyl groups is 1. The van der Waals surface area contributed by atoms with Crippen molar-refractivity contribution in [2.24, 2.45) is 0 Å². The Kier molecular flexibility index (Phi) is 15.0. The van der Waals surface area contributed by atoms with Crippen LogP contribution in [0.25, 0.3) is 0 Å². The summed E-state index contributed by atoms with van der Waals surface area (Å²) in [5, 5.41) is 37.2. The third kappa shape index (κ3) is 8.83. The fourth-order valence-corrected chi connectivity index (χ4v) is 0.696. The Hall–Kier alpha value is -0.450. The molecule has 0 amide bonds. The predicted octanol–water partition coefficient (Wildman–Crippen LogP) is -5.95. The third-order valence-electron chi connectivity index (χ3n) is 1.26. The molecule has 0 aromatic rings. The van der Waals surface area contributed by atoms with E-state index >= 15 is 0 Å². The monoisotopic (exact) mass is 266 g/mol. The van der Waals surface area contributed by atoms with Gasteiger partial charge in [-0.1, -0.05) is 0 Å². The molecule has 0 aliphatic rings. The molecule has 1 atom stereocenters. The van der Waals surface area contributed by atoms with E-state index in [0.29, 0.717) is 0 Å². The molecule has 0 saturated carbocycles. The molecule has 0 bridgehead atoms.